The second-order valence-corrected chi connectivity index (χ2v) is 5.63. The van der Waals surface area contributed by atoms with Gasteiger partial charge in [0.1, 0.15) is 17.8 Å². The molecule has 0 amide bonds. The summed E-state index contributed by atoms with van der Waals surface area (Å²) < 4.78 is 24.5. The highest BCUT2D eigenvalue weighted by Gasteiger charge is 2.14. The monoisotopic (exact) mass is 353 g/mol. The van der Waals surface area contributed by atoms with Gasteiger partial charge in [-0.15, -0.1) is 0 Å². The van der Waals surface area contributed by atoms with E-state index in [2.05, 4.69) is 20.6 Å². The SMILES string of the molecule is Nc1c(NCc2ccc3c(c2)OCO3)ncnc1Nc1ccccc1F. The summed E-state index contributed by atoms with van der Waals surface area (Å²) in [7, 11) is 0. The van der Waals surface area contributed by atoms with Crippen molar-refractivity contribution >= 4 is 23.0 Å². The van der Waals surface area contributed by atoms with Gasteiger partial charge < -0.3 is 25.8 Å². The molecule has 0 spiro atoms. The highest BCUT2D eigenvalue weighted by molar-refractivity contribution is 5.77. The molecular weight excluding hydrogens is 337 g/mol. The number of aromatic nitrogens is 2. The molecule has 4 N–H and O–H groups in total. The van der Waals surface area contributed by atoms with Crippen molar-refractivity contribution in [3.05, 3.63) is 60.2 Å². The zero-order chi connectivity index (χ0) is 17.9. The molecule has 0 fully saturated rings. The number of ether oxygens (including phenoxy) is 2. The van der Waals surface area contributed by atoms with E-state index >= 15 is 0 Å². The van der Waals surface area contributed by atoms with Crippen molar-refractivity contribution in [2.75, 3.05) is 23.2 Å². The summed E-state index contributed by atoms with van der Waals surface area (Å²) in [5.74, 6) is 1.84. The summed E-state index contributed by atoms with van der Waals surface area (Å²) in [5, 5.41) is 6.04. The number of hydrogen-bond donors (Lipinski definition) is 3. The molecule has 7 nitrogen and oxygen atoms in total. The van der Waals surface area contributed by atoms with Gasteiger partial charge in [-0.25, -0.2) is 14.4 Å². The van der Waals surface area contributed by atoms with Crippen molar-refractivity contribution in [3.8, 4) is 11.5 Å². The highest BCUT2D eigenvalue weighted by atomic mass is 19.1. The van der Waals surface area contributed by atoms with E-state index in [1.165, 1.54) is 12.4 Å². The van der Waals surface area contributed by atoms with Crippen LogP contribution < -0.4 is 25.8 Å². The van der Waals surface area contributed by atoms with E-state index < -0.39 is 0 Å². The molecule has 0 bridgehead atoms. The average Bonchev–Trinajstić information content (AvgIpc) is 3.12. The third-order valence-electron chi connectivity index (χ3n) is 3.91. The number of para-hydroxylation sites is 1. The number of hydrogen-bond acceptors (Lipinski definition) is 7. The van der Waals surface area contributed by atoms with Crippen molar-refractivity contribution in [2.45, 2.75) is 6.54 Å². The molecule has 4 rings (SSSR count). The molecule has 0 atom stereocenters. The Balaban J connectivity index is 1.50. The molecule has 1 aliphatic heterocycles. The number of halogens is 1. The maximum atomic E-state index is 13.8. The molecule has 0 aliphatic carbocycles. The number of nitrogens with two attached hydrogens (primary N) is 1. The fraction of sp³-hybridized carbons (Fsp3) is 0.111. The van der Waals surface area contributed by atoms with E-state index in [1.54, 1.807) is 18.2 Å². The molecule has 0 saturated heterocycles. The second-order valence-electron chi connectivity index (χ2n) is 5.63. The van der Waals surface area contributed by atoms with Gasteiger partial charge in [-0.1, -0.05) is 18.2 Å². The lowest BCUT2D eigenvalue weighted by atomic mass is 10.2. The molecule has 0 unspecified atom stereocenters. The Bertz CT molecular complexity index is 951. The first-order valence-electron chi connectivity index (χ1n) is 7.95. The van der Waals surface area contributed by atoms with Crippen LogP contribution in [0.2, 0.25) is 0 Å². The zero-order valence-corrected chi connectivity index (χ0v) is 13.7. The van der Waals surface area contributed by atoms with Gasteiger partial charge >= 0.3 is 0 Å². The van der Waals surface area contributed by atoms with Crippen molar-refractivity contribution in [1.29, 1.82) is 0 Å². The molecule has 1 aliphatic rings. The normalized spacial score (nSPS) is 12.0. The molecule has 2 heterocycles. The topological polar surface area (TPSA) is 94.3 Å². The third-order valence-corrected chi connectivity index (χ3v) is 3.91. The number of nitrogen functional groups attached to an aromatic ring is 1. The van der Waals surface area contributed by atoms with Gasteiger partial charge in [0.15, 0.2) is 23.1 Å². The second kappa shape index (κ2) is 6.75. The fourth-order valence-electron chi connectivity index (χ4n) is 2.56. The number of benzene rings is 2. The number of anilines is 4. The van der Waals surface area contributed by atoms with Crippen LogP contribution in [0.15, 0.2) is 48.8 Å². The van der Waals surface area contributed by atoms with Crippen LogP contribution >= 0.6 is 0 Å². The van der Waals surface area contributed by atoms with E-state index in [4.69, 9.17) is 15.2 Å². The van der Waals surface area contributed by atoms with Gasteiger partial charge in [-0.3, -0.25) is 0 Å². The lowest BCUT2D eigenvalue weighted by Crippen LogP contribution is -2.08. The molecule has 1 aromatic heterocycles. The summed E-state index contributed by atoms with van der Waals surface area (Å²) in [4.78, 5) is 8.24. The number of nitrogens with one attached hydrogen (secondary N) is 2. The first kappa shape index (κ1) is 15.9. The summed E-state index contributed by atoms with van der Waals surface area (Å²) in [5.41, 5.74) is 7.69. The Morgan fingerprint density at radius 1 is 1.04 bits per heavy atom. The summed E-state index contributed by atoms with van der Waals surface area (Å²) in [6.07, 6.45) is 1.36. The maximum Gasteiger partial charge on any atom is 0.231 e. The standard InChI is InChI=1S/C18H16FN5O2/c19-12-3-1-2-4-13(12)24-18-16(20)17(22-9-23-18)21-8-11-5-6-14-15(7-11)26-10-25-14/h1-7,9H,8,10,20H2,(H2,21,22,23,24). The molecule has 8 heteroatoms. The van der Waals surface area contributed by atoms with Crippen LogP contribution in [0, 0.1) is 5.82 Å². The lowest BCUT2D eigenvalue weighted by molar-refractivity contribution is 0.174. The van der Waals surface area contributed by atoms with Gasteiger partial charge in [0.05, 0.1) is 5.69 Å². The Morgan fingerprint density at radius 2 is 1.85 bits per heavy atom. The minimum absolute atomic E-state index is 0.232. The van der Waals surface area contributed by atoms with Crippen molar-refractivity contribution in [2.24, 2.45) is 0 Å². The smallest absolute Gasteiger partial charge is 0.231 e. The van der Waals surface area contributed by atoms with Crippen molar-refractivity contribution in [1.82, 2.24) is 9.97 Å². The van der Waals surface area contributed by atoms with E-state index in [9.17, 15) is 4.39 Å². The first-order valence-corrected chi connectivity index (χ1v) is 7.95. The Hall–Kier alpha value is -3.55. The minimum atomic E-state index is -0.389. The van der Waals surface area contributed by atoms with E-state index in [0.717, 1.165) is 11.3 Å². The number of nitrogens with zero attached hydrogens (tertiary/aromatic N) is 2. The first-order chi connectivity index (χ1) is 12.7. The summed E-state index contributed by atoms with van der Waals surface area (Å²) >= 11 is 0. The van der Waals surface area contributed by atoms with Crippen LogP contribution in [0.4, 0.5) is 27.4 Å². The molecular formula is C18H16FN5O2. The van der Waals surface area contributed by atoms with Gasteiger partial charge in [0.25, 0.3) is 0 Å². The van der Waals surface area contributed by atoms with Gasteiger partial charge in [0.2, 0.25) is 6.79 Å². The van der Waals surface area contributed by atoms with Crippen LogP contribution in [0.25, 0.3) is 0 Å². The van der Waals surface area contributed by atoms with Gasteiger partial charge in [-0.2, -0.15) is 0 Å². The summed E-state index contributed by atoms with van der Waals surface area (Å²) in [6.45, 7) is 0.715. The average molecular weight is 353 g/mol. The minimum Gasteiger partial charge on any atom is -0.454 e. The van der Waals surface area contributed by atoms with E-state index in [0.29, 0.717) is 35.3 Å². The Labute approximate surface area is 149 Å². The van der Waals surface area contributed by atoms with Crippen LogP contribution in [-0.4, -0.2) is 16.8 Å². The van der Waals surface area contributed by atoms with Crippen LogP contribution in [0.3, 0.4) is 0 Å². The number of fused-ring (bicyclic) bond motifs is 1. The molecule has 26 heavy (non-hydrogen) atoms. The van der Waals surface area contributed by atoms with Gasteiger partial charge in [0, 0.05) is 6.54 Å². The van der Waals surface area contributed by atoms with Crippen LogP contribution in [0.1, 0.15) is 5.56 Å². The molecule has 132 valence electrons. The largest absolute Gasteiger partial charge is 0.454 e. The zero-order valence-electron chi connectivity index (χ0n) is 13.7. The molecule has 0 radical (unpaired) electrons. The maximum absolute atomic E-state index is 13.8. The van der Waals surface area contributed by atoms with Gasteiger partial charge in [-0.05, 0) is 29.8 Å². The predicted octanol–water partition coefficient (Wildman–Crippen LogP) is 3.28. The molecule has 0 saturated carbocycles. The number of rotatable bonds is 5. The third kappa shape index (κ3) is 3.16. The summed E-state index contributed by atoms with van der Waals surface area (Å²) in [6, 6.07) is 12.0. The quantitative estimate of drug-likeness (QED) is 0.648. The Kier molecular flexibility index (Phi) is 4.14. The van der Waals surface area contributed by atoms with E-state index in [-0.39, 0.29) is 12.6 Å². The lowest BCUT2D eigenvalue weighted by Gasteiger charge is -2.13. The van der Waals surface area contributed by atoms with Crippen molar-refractivity contribution < 1.29 is 13.9 Å². The predicted molar refractivity (Wildman–Crippen MR) is 96.0 cm³/mol. The van der Waals surface area contributed by atoms with E-state index in [1.807, 2.05) is 18.2 Å². The van der Waals surface area contributed by atoms with Crippen molar-refractivity contribution in [3.63, 3.8) is 0 Å². The Morgan fingerprint density at radius 3 is 2.73 bits per heavy atom. The van der Waals surface area contributed by atoms with Crippen LogP contribution in [0.5, 0.6) is 11.5 Å². The fourth-order valence-corrected chi connectivity index (χ4v) is 2.56. The highest BCUT2D eigenvalue weighted by Crippen LogP contribution is 2.33. The van der Waals surface area contributed by atoms with Crippen LogP contribution in [-0.2, 0) is 6.54 Å². The molecule has 2 aromatic carbocycles. The molecule has 3 aromatic rings.